The van der Waals surface area contributed by atoms with Crippen LogP contribution in [0.1, 0.15) is 24.4 Å². The van der Waals surface area contributed by atoms with Crippen LogP contribution in [0.25, 0.3) is 33.4 Å². The van der Waals surface area contributed by atoms with E-state index in [4.69, 9.17) is 4.98 Å². The molecule has 0 spiro atoms. The van der Waals surface area contributed by atoms with Gasteiger partial charge in [-0.1, -0.05) is 0 Å². The van der Waals surface area contributed by atoms with Crippen LogP contribution in [0.4, 0.5) is 0 Å². The molecule has 146 valence electrons. The second-order valence-corrected chi connectivity index (χ2v) is 7.07. The third-order valence-electron chi connectivity index (χ3n) is 4.98. The number of aromatic nitrogens is 5. The molecular formula is C22H21N5O2. The van der Waals surface area contributed by atoms with Gasteiger partial charge in [-0.2, -0.15) is 0 Å². The molecule has 1 atom stereocenters. The van der Waals surface area contributed by atoms with Gasteiger partial charge in [-0.05, 0) is 51.1 Å². The summed E-state index contributed by atoms with van der Waals surface area (Å²) in [6.07, 6.45) is 4.93. The SMILES string of the molecule is Cc1ccc(-c2cc3c(=O)n([C@@H](C)CO)cnc3c(-c3cccnc3C)n2)cn1. The van der Waals surface area contributed by atoms with Crippen molar-refractivity contribution in [1.82, 2.24) is 24.5 Å². The third-order valence-corrected chi connectivity index (χ3v) is 4.98. The van der Waals surface area contributed by atoms with Crippen LogP contribution >= 0.6 is 0 Å². The Kier molecular flexibility index (Phi) is 4.90. The number of hydrogen-bond donors (Lipinski definition) is 1. The Morgan fingerprint density at radius 3 is 2.66 bits per heavy atom. The van der Waals surface area contributed by atoms with Crippen LogP contribution < -0.4 is 5.56 Å². The minimum Gasteiger partial charge on any atom is -0.394 e. The summed E-state index contributed by atoms with van der Waals surface area (Å²) < 4.78 is 1.44. The Morgan fingerprint density at radius 2 is 1.97 bits per heavy atom. The fraction of sp³-hybridized carbons (Fsp3) is 0.227. The molecule has 4 aromatic rings. The molecule has 0 radical (unpaired) electrons. The maximum Gasteiger partial charge on any atom is 0.261 e. The van der Waals surface area contributed by atoms with Crippen molar-refractivity contribution in [2.24, 2.45) is 0 Å². The zero-order valence-electron chi connectivity index (χ0n) is 16.5. The maximum absolute atomic E-state index is 13.2. The summed E-state index contributed by atoms with van der Waals surface area (Å²) in [6.45, 7) is 5.44. The zero-order chi connectivity index (χ0) is 20.5. The van der Waals surface area contributed by atoms with Crippen molar-refractivity contribution < 1.29 is 5.11 Å². The Bertz CT molecular complexity index is 1250. The molecule has 0 saturated heterocycles. The highest BCUT2D eigenvalue weighted by atomic mass is 16.3. The molecule has 0 aromatic carbocycles. The van der Waals surface area contributed by atoms with Gasteiger partial charge in [0.25, 0.3) is 5.56 Å². The minimum absolute atomic E-state index is 0.151. The van der Waals surface area contributed by atoms with Crippen molar-refractivity contribution in [3.63, 3.8) is 0 Å². The molecule has 0 aliphatic heterocycles. The molecule has 7 heteroatoms. The molecule has 0 aliphatic carbocycles. The highest BCUT2D eigenvalue weighted by molar-refractivity contribution is 5.93. The summed E-state index contributed by atoms with van der Waals surface area (Å²) in [4.78, 5) is 31.3. The molecule has 4 heterocycles. The van der Waals surface area contributed by atoms with Gasteiger partial charge in [0.05, 0.1) is 35.8 Å². The van der Waals surface area contributed by atoms with Gasteiger partial charge in [-0.25, -0.2) is 9.97 Å². The first-order valence-electron chi connectivity index (χ1n) is 9.37. The van der Waals surface area contributed by atoms with Crippen LogP contribution in [0.15, 0.2) is 53.8 Å². The van der Waals surface area contributed by atoms with Crippen LogP contribution in [-0.2, 0) is 0 Å². The second kappa shape index (κ2) is 7.52. The Morgan fingerprint density at radius 1 is 1.14 bits per heavy atom. The quantitative estimate of drug-likeness (QED) is 0.578. The lowest BCUT2D eigenvalue weighted by Crippen LogP contribution is -2.26. The summed E-state index contributed by atoms with van der Waals surface area (Å²) in [5.74, 6) is 0. The van der Waals surface area contributed by atoms with E-state index in [1.807, 2.05) is 38.1 Å². The Labute approximate surface area is 167 Å². The highest BCUT2D eigenvalue weighted by Crippen LogP contribution is 2.30. The molecule has 4 rings (SSSR count). The van der Waals surface area contributed by atoms with Crippen LogP contribution in [0.5, 0.6) is 0 Å². The van der Waals surface area contributed by atoms with E-state index in [0.717, 1.165) is 22.5 Å². The predicted octanol–water partition coefficient (Wildman–Crippen LogP) is 3.09. The normalized spacial score (nSPS) is 12.3. The van der Waals surface area contributed by atoms with Crippen molar-refractivity contribution in [3.05, 3.63) is 70.8 Å². The van der Waals surface area contributed by atoms with Gasteiger partial charge in [0.1, 0.15) is 5.52 Å². The van der Waals surface area contributed by atoms with Crippen LogP contribution in [-0.4, -0.2) is 36.2 Å². The molecule has 29 heavy (non-hydrogen) atoms. The van der Waals surface area contributed by atoms with Gasteiger partial charge in [-0.3, -0.25) is 19.3 Å². The lowest BCUT2D eigenvalue weighted by atomic mass is 10.0. The summed E-state index contributed by atoms with van der Waals surface area (Å²) in [5.41, 5.74) is 4.86. The van der Waals surface area contributed by atoms with E-state index in [0.29, 0.717) is 22.3 Å². The molecule has 7 nitrogen and oxygen atoms in total. The average molecular weight is 387 g/mol. The van der Waals surface area contributed by atoms with Crippen molar-refractivity contribution in [2.75, 3.05) is 6.61 Å². The van der Waals surface area contributed by atoms with Gasteiger partial charge in [0.15, 0.2) is 0 Å². The molecule has 4 aromatic heterocycles. The van der Waals surface area contributed by atoms with Crippen molar-refractivity contribution in [2.45, 2.75) is 26.8 Å². The van der Waals surface area contributed by atoms with E-state index >= 15 is 0 Å². The van der Waals surface area contributed by atoms with E-state index < -0.39 is 0 Å². The van der Waals surface area contributed by atoms with Crippen LogP contribution in [0.2, 0.25) is 0 Å². The minimum atomic E-state index is -0.374. The zero-order valence-corrected chi connectivity index (χ0v) is 16.5. The van der Waals surface area contributed by atoms with Gasteiger partial charge < -0.3 is 5.11 Å². The first kappa shape index (κ1) is 18.9. The van der Waals surface area contributed by atoms with Crippen molar-refractivity contribution in [1.29, 1.82) is 0 Å². The molecule has 0 amide bonds. The molecule has 1 N–H and O–H groups in total. The van der Waals surface area contributed by atoms with E-state index in [-0.39, 0.29) is 18.2 Å². The van der Waals surface area contributed by atoms with Gasteiger partial charge in [0, 0.05) is 34.9 Å². The number of nitrogens with zero attached hydrogens (tertiary/aromatic N) is 5. The molecule has 0 saturated carbocycles. The van der Waals surface area contributed by atoms with Gasteiger partial charge in [0.2, 0.25) is 0 Å². The molecule has 0 bridgehead atoms. The lowest BCUT2D eigenvalue weighted by Gasteiger charge is -2.15. The number of rotatable bonds is 4. The van der Waals surface area contributed by atoms with Crippen molar-refractivity contribution in [3.8, 4) is 22.5 Å². The van der Waals surface area contributed by atoms with E-state index in [9.17, 15) is 9.90 Å². The standard InChI is InChI=1S/C22H21N5O2/c1-13-6-7-16(10-24-13)19-9-18-20(25-12-27(22(18)29)14(2)11-28)21(26-19)17-5-4-8-23-15(17)3/h4-10,12,14,28H,11H2,1-3H3/t14-/m0/s1. The average Bonchev–Trinajstić information content (AvgIpc) is 2.74. The first-order valence-corrected chi connectivity index (χ1v) is 9.37. The van der Waals surface area contributed by atoms with Gasteiger partial charge >= 0.3 is 0 Å². The van der Waals surface area contributed by atoms with Gasteiger partial charge in [-0.15, -0.1) is 0 Å². The van der Waals surface area contributed by atoms with E-state index in [2.05, 4.69) is 15.0 Å². The molecular weight excluding hydrogens is 366 g/mol. The number of aryl methyl sites for hydroxylation is 2. The van der Waals surface area contributed by atoms with Crippen molar-refractivity contribution >= 4 is 10.9 Å². The number of hydrogen-bond acceptors (Lipinski definition) is 6. The topological polar surface area (TPSA) is 93.8 Å². The third kappa shape index (κ3) is 3.40. The summed E-state index contributed by atoms with van der Waals surface area (Å²) >= 11 is 0. The Balaban J connectivity index is 2.07. The lowest BCUT2D eigenvalue weighted by molar-refractivity contribution is 0.236. The van der Waals surface area contributed by atoms with Crippen LogP contribution in [0.3, 0.4) is 0 Å². The summed E-state index contributed by atoms with van der Waals surface area (Å²) in [5, 5.41) is 9.94. The fourth-order valence-corrected chi connectivity index (χ4v) is 3.23. The molecule has 0 aliphatic rings. The summed E-state index contributed by atoms with van der Waals surface area (Å²) in [6, 6.07) is 8.97. The number of aliphatic hydroxyl groups is 1. The second-order valence-electron chi connectivity index (χ2n) is 7.07. The summed E-state index contributed by atoms with van der Waals surface area (Å²) in [7, 11) is 0. The van der Waals surface area contributed by atoms with Crippen LogP contribution in [0, 0.1) is 13.8 Å². The monoisotopic (exact) mass is 387 g/mol. The van der Waals surface area contributed by atoms with E-state index in [1.54, 1.807) is 25.4 Å². The maximum atomic E-state index is 13.2. The molecule has 0 unspecified atom stereocenters. The number of fused-ring (bicyclic) bond motifs is 1. The number of pyridine rings is 3. The highest BCUT2D eigenvalue weighted by Gasteiger charge is 2.17. The fourth-order valence-electron chi connectivity index (χ4n) is 3.23. The van der Waals surface area contributed by atoms with E-state index in [1.165, 1.54) is 10.9 Å². The number of aliphatic hydroxyl groups excluding tert-OH is 1. The largest absolute Gasteiger partial charge is 0.394 e. The smallest absolute Gasteiger partial charge is 0.261 e. The molecule has 0 fully saturated rings. The Hall–Kier alpha value is -3.45. The first-order chi connectivity index (χ1) is 14.0. The predicted molar refractivity (Wildman–Crippen MR) is 112 cm³/mol.